The van der Waals surface area contributed by atoms with Crippen molar-refractivity contribution < 1.29 is 19.4 Å². The quantitative estimate of drug-likeness (QED) is 0.465. The molecule has 0 saturated carbocycles. The number of esters is 1. The van der Waals surface area contributed by atoms with Crippen LogP contribution in [-0.2, 0) is 9.53 Å². The average Bonchev–Trinajstić information content (AvgIpc) is 2.90. The number of nitrogens with one attached hydrogen (secondary N) is 1. The smallest absolute Gasteiger partial charge is 0.349 e. The van der Waals surface area contributed by atoms with E-state index in [0.717, 1.165) is 16.8 Å². The summed E-state index contributed by atoms with van der Waals surface area (Å²) in [6.45, 7) is 3.11. The lowest BCUT2D eigenvalue weighted by Crippen LogP contribution is -2.47. The van der Waals surface area contributed by atoms with Crippen molar-refractivity contribution in [3.8, 4) is 16.9 Å². The van der Waals surface area contributed by atoms with Gasteiger partial charge in [0.25, 0.3) is 0 Å². The Bertz CT molecular complexity index is 926. The molecule has 1 unspecified atom stereocenters. The van der Waals surface area contributed by atoms with Crippen LogP contribution in [-0.4, -0.2) is 16.8 Å². The van der Waals surface area contributed by atoms with E-state index in [4.69, 9.17) is 9.47 Å². The Balaban J connectivity index is 1.79. The standard InChI is InChI=1S/C20H17NO4/c1-12-11-20(18(13(2)22)19(23)24-12)21-16-10-15(8-9-17(16)25-20)14-6-4-3-5-7-14/h3-11,21-22H,1-2H3/b18-13-. The zero-order chi connectivity index (χ0) is 17.6. The second-order valence-corrected chi connectivity index (χ2v) is 6.14. The Kier molecular flexibility index (Phi) is 3.32. The molecule has 2 heterocycles. The lowest BCUT2D eigenvalue weighted by molar-refractivity contribution is -0.138. The van der Waals surface area contributed by atoms with Crippen LogP contribution in [0.2, 0.25) is 0 Å². The van der Waals surface area contributed by atoms with Gasteiger partial charge in [-0.3, -0.25) is 0 Å². The minimum absolute atomic E-state index is 0.0514. The summed E-state index contributed by atoms with van der Waals surface area (Å²) < 4.78 is 11.2. The molecule has 0 aliphatic carbocycles. The van der Waals surface area contributed by atoms with Gasteiger partial charge in [-0.2, -0.15) is 0 Å². The molecule has 0 fully saturated rings. The van der Waals surface area contributed by atoms with Gasteiger partial charge in [0.15, 0.2) is 0 Å². The summed E-state index contributed by atoms with van der Waals surface area (Å²) in [5.41, 5.74) is 1.65. The summed E-state index contributed by atoms with van der Waals surface area (Å²) in [5.74, 6) is 0.261. The SMILES string of the molecule is CC1=CC2(Nc3cc(-c4ccccc4)ccc3O2)/C(=C(/C)O)C(=O)O1. The van der Waals surface area contributed by atoms with Crippen molar-refractivity contribution in [2.24, 2.45) is 0 Å². The van der Waals surface area contributed by atoms with Gasteiger partial charge in [0, 0.05) is 6.08 Å². The fourth-order valence-electron chi connectivity index (χ4n) is 3.26. The third kappa shape index (κ3) is 2.45. The predicted octanol–water partition coefficient (Wildman–Crippen LogP) is 4.15. The minimum Gasteiger partial charge on any atom is -0.512 e. The summed E-state index contributed by atoms with van der Waals surface area (Å²) in [6, 6.07) is 15.8. The van der Waals surface area contributed by atoms with Gasteiger partial charge < -0.3 is 19.9 Å². The molecule has 0 radical (unpaired) electrons. The highest BCUT2D eigenvalue weighted by atomic mass is 16.6. The van der Waals surface area contributed by atoms with E-state index in [-0.39, 0.29) is 11.3 Å². The fourth-order valence-corrected chi connectivity index (χ4v) is 3.26. The van der Waals surface area contributed by atoms with Crippen LogP contribution in [0.4, 0.5) is 5.69 Å². The summed E-state index contributed by atoms with van der Waals surface area (Å²) in [7, 11) is 0. The Morgan fingerprint density at radius 2 is 1.88 bits per heavy atom. The Labute approximate surface area is 145 Å². The summed E-state index contributed by atoms with van der Waals surface area (Å²) in [4.78, 5) is 12.2. The number of carbonyl (C=O) groups excluding carboxylic acids is 1. The van der Waals surface area contributed by atoms with E-state index < -0.39 is 11.7 Å². The van der Waals surface area contributed by atoms with Gasteiger partial charge in [0.2, 0.25) is 5.72 Å². The number of allylic oxidation sites excluding steroid dienone is 2. The molecule has 4 rings (SSSR count). The van der Waals surface area contributed by atoms with Crippen LogP contribution in [0.5, 0.6) is 5.75 Å². The monoisotopic (exact) mass is 335 g/mol. The Hall–Kier alpha value is -3.21. The van der Waals surface area contributed by atoms with E-state index in [2.05, 4.69) is 5.32 Å². The highest BCUT2D eigenvalue weighted by Crippen LogP contribution is 2.45. The normalized spacial score (nSPS) is 23.3. The third-order valence-electron chi connectivity index (χ3n) is 4.28. The second kappa shape index (κ2) is 5.41. The number of fused-ring (bicyclic) bond motifs is 1. The number of cyclic esters (lactones) is 1. The predicted molar refractivity (Wildman–Crippen MR) is 94.0 cm³/mol. The highest BCUT2D eigenvalue weighted by Gasteiger charge is 2.49. The first kappa shape index (κ1) is 15.3. The summed E-state index contributed by atoms with van der Waals surface area (Å²) in [5, 5.41) is 13.2. The second-order valence-electron chi connectivity index (χ2n) is 6.14. The maximum absolute atomic E-state index is 12.2. The van der Waals surface area contributed by atoms with Gasteiger partial charge in [-0.25, -0.2) is 4.79 Å². The van der Waals surface area contributed by atoms with Crippen LogP contribution < -0.4 is 10.1 Å². The van der Waals surface area contributed by atoms with Crippen LogP contribution in [0.25, 0.3) is 11.1 Å². The molecule has 1 atom stereocenters. The molecule has 0 saturated heterocycles. The van der Waals surface area contributed by atoms with E-state index >= 15 is 0 Å². The molecule has 2 aromatic rings. The first-order valence-corrected chi connectivity index (χ1v) is 7.97. The van der Waals surface area contributed by atoms with E-state index in [1.54, 1.807) is 13.0 Å². The van der Waals surface area contributed by atoms with Gasteiger partial charge >= 0.3 is 5.97 Å². The lowest BCUT2D eigenvalue weighted by atomic mass is 9.98. The van der Waals surface area contributed by atoms with Crippen LogP contribution in [0, 0.1) is 0 Å². The maximum Gasteiger partial charge on any atom is 0.349 e. The third-order valence-corrected chi connectivity index (χ3v) is 4.28. The summed E-state index contributed by atoms with van der Waals surface area (Å²) >= 11 is 0. The Morgan fingerprint density at radius 1 is 1.12 bits per heavy atom. The number of anilines is 1. The number of aliphatic hydroxyl groups is 1. The molecule has 2 aromatic carbocycles. The first-order chi connectivity index (χ1) is 12.0. The van der Waals surface area contributed by atoms with Crippen LogP contribution in [0.1, 0.15) is 13.8 Å². The molecule has 2 N–H and O–H groups in total. The topological polar surface area (TPSA) is 67.8 Å². The lowest BCUT2D eigenvalue weighted by Gasteiger charge is -2.31. The first-order valence-electron chi connectivity index (χ1n) is 7.97. The molecular formula is C20H17NO4. The minimum atomic E-state index is -1.25. The fraction of sp³-hybridized carbons (Fsp3) is 0.150. The molecule has 5 heteroatoms. The maximum atomic E-state index is 12.2. The van der Waals surface area contributed by atoms with Gasteiger partial charge in [-0.05, 0) is 37.1 Å². The van der Waals surface area contributed by atoms with E-state index in [9.17, 15) is 9.90 Å². The largest absolute Gasteiger partial charge is 0.512 e. The molecule has 0 bridgehead atoms. The van der Waals surface area contributed by atoms with Gasteiger partial charge in [-0.15, -0.1) is 0 Å². The number of hydrogen-bond donors (Lipinski definition) is 2. The molecule has 25 heavy (non-hydrogen) atoms. The average molecular weight is 335 g/mol. The van der Waals surface area contributed by atoms with Crippen molar-refractivity contribution >= 4 is 11.7 Å². The van der Waals surface area contributed by atoms with E-state index in [1.165, 1.54) is 6.92 Å². The highest BCUT2D eigenvalue weighted by molar-refractivity contribution is 5.95. The molecule has 2 aliphatic rings. The van der Waals surface area contributed by atoms with Gasteiger partial charge in [0.1, 0.15) is 22.8 Å². The number of rotatable bonds is 1. The number of aliphatic hydroxyl groups excluding tert-OH is 1. The zero-order valence-electron chi connectivity index (χ0n) is 13.9. The summed E-state index contributed by atoms with van der Waals surface area (Å²) in [6.07, 6.45) is 1.66. The van der Waals surface area contributed by atoms with Crippen LogP contribution in [0.15, 0.2) is 71.7 Å². The molecule has 0 amide bonds. The molecule has 0 aromatic heterocycles. The van der Waals surface area contributed by atoms with Crippen molar-refractivity contribution in [2.75, 3.05) is 5.32 Å². The number of ether oxygens (including phenoxy) is 2. The molecule has 126 valence electrons. The molecular weight excluding hydrogens is 318 g/mol. The van der Waals surface area contributed by atoms with Gasteiger partial charge in [0.05, 0.1) is 5.69 Å². The van der Waals surface area contributed by atoms with Crippen molar-refractivity contribution in [3.05, 3.63) is 71.7 Å². The van der Waals surface area contributed by atoms with Crippen LogP contribution in [0.3, 0.4) is 0 Å². The van der Waals surface area contributed by atoms with Crippen molar-refractivity contribution in [2.45, 2.75) is 19.6 Å². The Morgan fingerprint density at radius 3 is 2.60 bits per heavy atom. The zero-order valence-corrected chi connectivity index (χ0v) is 13.9. The number of benzene rings is 2. The number of carbonyl (C=O) groups is 1. The van der Waals surface area contributed by atoms with Crippen molar-refractivity contribution in [3.63, 3.8) is 0 Å². The number of hydrogen-bond acceptors (Lipinski definition) is 5. The molecule has 5 nitrogen and oxygen atoms in total. The van der Waals surface area contributed by atoms with Gasteiger partial charge in [-0.1, -0.05) is 36.4 Å². The van der Waals surface area contributed by atoms with Crippen LogP contribution >= 0.6 is 0 Å². The van der Waals surface area contributed by atoms with E-state index in [1.807, 2.05) is 48.5 Å². The van der Waals surface area contributed by atoms with Crippen molar-refractivity contribution in [1.82, 2.24) is 0 Å². The van der Waals surface area contributed by atoms with Crippen molar-refractivity contribution in [1.29, 1.82) is 0 Å². The van der Waals surface area contributed by atoms with E-state index in [0.29, 0.717) is 11.5 Å². The molecule has 1 spiro atoms. The molecule has 2 aliphatic heterocycles.